The number of aliphatic hydroxyl groups excluding tert-OH is 1. The standard InChI is InChI=1S/C17H21IN2O3/c1-18-11-7-8-14(23-2)16-15(11)10(9-19-16)17(22)20-12-5-3-4-6-13(12)21/h7-9,12-13,19,21H,1,3-6H2,2H3,(H,20,22)/t12?,13-/m0/s1. The molecule has 23 heavy (non-hydrogen) atoms. The van der Waals surface area contributed by atoms with Crippen LogP contribution in [0.1, 0.15) is 36.0 Å². The monoisotopic (exact) mass is 428 g/mol. The molecule has 0 radical (unpaired) electrons. The predicted molar refractivity (Wildman–Crippen MR) is 100 cm³/mol. The van der Waals surface area contributed by atoms with Crippen molar-refractivity contribution in [2.24, 2.45) is 0 Å². The van der Waals surface area contributed by atoms with E-state index < -0.39 is 26.8 Å². The molecule has 0 spiro atoms. The Bertz CT molecular complexity index is 741. The summed E-state index contributed by atoms with van der Waals surface area (Å²) in [6, 6.07) is 3.73. The van der Waals surface area contributed by atoms with E-state index in [4.69, 9.17) is 4.74 Å². The first kappa shape index (κ1) is 16.4. The summed E-state index contributed by atoms with van der Waals surface area (Å²) in [5.41, 5.74) is 1.44. The van der Waals surface area contributed by atoms with E-state index in [2.05, 4.69) is 14.8 Å². The molecule has 2 aromatic rings. The number of aromatic nitrogens is 1. The zero-order valence-corrected chi connectivity index (χ0v) is 15.2. The van der Waals surface area contributed by atoms with E-state index in [-0.39, 0.29) is 11.9 Å². The molecule has 0 saturated heterocycles. The van der Waals surface area contributed by atoms with Gasteiger partial charge in [0.2, 0.25) is 0 Å². The molecule has 1 unspecified atom stereocenters. The van der Waals surface area contributed by atoms with Crippen LogP contribution in [0.4, 0.5) is 0 Å². The SMILES string of the molecule is C=Ic1ccc(OC)c2[nH]cc(C(=O)NC3CCCC[C@@H]3O)c12. The van der Waals surface area contributed by atoms with Crippen molar-refractivity contribution in [3.8, 4) is 5.75 Å². The smallest absolute Gasteiger partial charge is 0.253 e. The zero-order chi connectivity index (χ0) is 16.4. The van der Waals surface area contributed by atoms with Gasteiger partial charge in [0.1, 0.15) is 5.75 Å². The van der Waals surface area contributed by atoms with Gasteiger partial charge in [-0.25, -0.2) is 0 Å². The number of ether oxygens (including phenoxy) is 1. The van der Waals surface area contributed by atoms with Gasteiger partial charge < -0.3 is 20.1 Å². The third-order valence-electron chi connectivity index (χ3n) is 4.40. The number of carbonyl (C=O) groups is 1. The number of rotatable bonds is 4. The van der Waals surface area contributed by atoms with Crippen molar-refractivity contribution in [1.82, 2.24) is 10.3 Å². The molecule has 1 aliphatic rings. The van der Waals surface area contributed by atoms with E-state index in [9.17, 15) is 9.90 Å². The molecule has 1 fully saturated rings. The Labute approximate surface area is 145 Å². The number of methoxy groups -OCH3 is 1. The van der Waals surface area contributed by atoms with E-state index in [1.54, 1.807) is 13.3 Å². The second-order valence-electron chi connectivity index (χ2n) is 5.77. The number of aromatic amines is 1. The highest BCUT2D eigenvalue weighted by Gasteiger charge is 2.26. The fourth-order valence-corrected chi connectivity index (χ4v) is 4.54. The Kier molecular flexibility index (Phi) is 5.01. The number of fused-ring (bicyclic) bond motifs is 1. The van der Waals surface area contributed by atoms with E-state index >= 15 is 0 Å². The van der Waals surface area contributed by atoms with Crippen LogP contribution in [-0.4, -0.2) is 39.8 Å². The lowest BCUT2D eigenvalue weighted by Crippen LogP contribution is -2.45. The summed E-state index contributed by atoms with van der Waals surface area (Å²) in [6.45, 7) is 0. The number of hydrogen-bond donors (Lipinski definition) is 3. The van der Waals surface area contributed by atoms with Gasteiger partial charge in [-0.1, -0.05) is 38.1 Å². The minimum atomic E-state index is -0.452. The van der Waals surface area contributed by atoms with Gasteiger partial charge in [0.15, 0.2) is 0 Å². The van der Waals surface area contributed by atoms with Gasteiger partial charge in [0.25, 0.3) is 5.91 Å². The lowest BCUT2D eigenvalue weighted by molar-refractivity contribution is 0.0718. The summed E-state index contributed by atoms with van der Waals surface area (Å²) in [4.78, 5) is 15.9. The first-order valence-corrected chi connectivity index (χ1v) is 10.3. The molecular formula is C17H21IN2O3. The Morgan fingerprint density at radius 2 is 2.22 bits per heavy atom. The molecular weight excluding hydrogens is 407 g/mol. The van der Waals surface area contributed by atoms with Crippen LogP contribution in [0.3, 0.4) is 0 Å². The Morgan fingerprint density at radius 3 is 2.91 bits per heavy atom. The van der Waals surface area contributed by atoms with Gasteiger partial charge in [-0.15, -0.1) is 0 Å². The Hall–Kier alpha value is -1.41. The Morgan fingerprint density at radius 1 is 1.43 bits per heavy atom. The Balaban J connectivity index is 1.95. The normalized spacial score (nSPS) is 21.3. The van der Waals surface area contributed by atoms with Crippen LogP contribution in [0.2, 0.25) is 0 Å². The number of H-pyrrole nitrogens is 1. The van der Waals surface area contributed by atoms with Crippen molar-refractivity contribution >= 4 is 42.1 Å². The molecule has 1 aromatic carbocycles. The summed E-state index contributed by atoms with van der Waals surface area (Å²) < 4.78 is 10.5. The van der Waals surface area contributed by atoms with Gasteiger partial charge in [-0.2, -0.15) is 0 Å². The number of amides is 1. The minimum absolute atomic E-state index is 0.144. The number of nitrogens with one attached hydrogen (secondary N) is 2. The summed E-state index contributed by atoms with van der Waals surface area (Å²) >= 11 is -0.412. The maximum atomic E-state index is 12.7. The molecule has 5 nitrogen and oxygen atoms in total. The second-order valence-corrected chi connectivity index (χ2v) is 7.69. The van der Waals surface area contributed by atoms with Crippen molar-refractivity contribution in [3.05, 3.63) is 27.5 Å². The third kappa shape index (κ3) is 3.14. The fraction of sp³-hybridized carbons (Fsp3) is 0.412. The number of carbonyl (C=O) groups excluding carboxylic acids is 1. The number of halogens is 1. The third-order valence-corrected chi connectivity index (χ3v) is 6.12. The van der Waals surface area contributed by atoms with Crippen LogP contribution < -0.4 is 10.1 Å². The van der Waals surface area contributed by atoms with Crippen LogP contribution in [-0.2, 0) is 0 Å². The van der Waals surface area contributed by atoms with E-state index in [0.29, 0.717) is 5.56 Å². The number of aliphatic hydroxyl groups is 1. The van der Waals surface area contributed by atoms with Crippen molar-refractivity contribution in [2.45, 2.75) is 37.8 Å². The van der Waals surface area contributed by atoms with Crippen LogP contribution in [0, 0.1) is 3.57 Å². The average molecular weight is 428 g/mol. The second kappa shape index (κ2) is 7.00. The molecule has 2 atom stereocenters. The van der Waals surface area contributed by atoms with Gasteiger partial charge in [0, 0.05) is 15.2 Å². The highest BCUT2D eigenvalue weighted by Crippen LogP contribution is 2.32. The molecule has 3 rings (SSSR count). The minimum Gasteiger partial charge on any atom is -0.495 e. The predicted octanol–water partition coefficient (Wildman–Crippen LogP) is 2.78. The molecule has 0 bridgehead atoms. The summed E-state index contributed by atoms with van der Waals surface area (Å²) in [7, 11) is 1.62. The molecule has 1 heterocycles. The molecule has 6 heteroatoms. The summed E-state index contributed by atoms with van der Waals surface area (Å²) in [5, 5.41) is 14.0. The summed E-state index contributed by atoms with van der Waals surface area (Å²) in [5.74, 6) is 0.576. The van der Waals surface area contributed by atoms with E-state index in [1.807, 2.05) is 12.1 Å². The van der Waals surface area contributed by atoms with Crippen LogP contribution in [0.15, 0.2) is 18.3 Å². The maximum absolute atomic E-state index is 12.7. The van der Waals surface area contributed by atoms with E-state index in [1.165, 1.54) is 0 Å². The molecule has 0 aliphatic heterocycles. The fourth-order valence-electron chi connectivity index (χ4n) is 3.17. The molecule has 1 aromatic heterocycles. The molecule has 1 saturated carbocycles. The highest BCUT2D eigenvalue weighted by molar-refractivity contribution is 14.2. The van der Waals surface area contributed by atoms with Gasteiger partial charge in [-0.3, -0.25) is 4.79 Å². The van der Waals surface area contributed by atoms with Crippen LogP contribution in [0.25, 0.3) is 10.9 Å². The average Bonchev–Trinajstić information content (AvgIpc) is 3.01. The van der Waals surface area contributed by atoms with Crippen molar-refractivity contribution in [1.29, 1.82) is 0 Å². The van der Waals surface area contributed by atoms with Gasteiger partial charge in [-0.05, 0) is 25.0 Å². The number of hydrogen-bond acceptors (Lipinski definition) is 3. The molecule has 3 N–H and O–H groups in total. The van der Waals surface area contributed by atoms with Crippen LogP contribution >= 0.6 is 20.7 Å². The molecule has 1 aliphatic carbocycles. The van der Waals surface area contributed by atoms with Crippen molar-refractivity contribution in [2.75, 3.05) is 7.11 Å². The largest absolute Gasteiger partial charge is 0.495 e. The van der Waals surface area contributed by atoms with Crippen LogP contribution in [0.5, 0.6) is 5.75 Å². The molecule has 124 valence electrons. The van der Waals surface area contributed by atoms with Gasteiger partial charge >= 0.3 is 0 Å². The number of benzene rings is 1. The highest BCUT2D eigenvalue weighted by atomic mass is 127. The quantitative estimate of drug-likeness (QED) is 0.656. The van der Waals surface area contributed by atoms with Gasteiger partial charge in [0.05, 0.1) is 30.3 Å². The first-order chi connectivity index (χ1) is 11.2. The summed E-state index contributed by atoms with van der Waals surface area (Å²) in [6.07, 6.45) is 4.91. The van der Waals surface area contributed by atoms with Crippen molar-refractivity contribution < 1.29 is 14.6 Å². The topological polar surface area (TPSA) is 74.4 Å². The molecule has 1 amide bonds. The maximum Gasteiger partial charge on any atom is 0.253 e. The van der Waals surface area contributed by atoms with E-state index in [0.717, 1.165) is 45.9 Å². The lowest BCUT2D eigenvalue weighted by atomic mass is 9.92. The lowest BCUT2D eigenvalue weighted by Gasteiger charge is -2.28. The zero-order valence-electron chi connectivity index (χ0n) is 13.1. The first-order valence-electron chi connectivity index (χ1n) is 7.71. The van der Waals surface area contributed by atoms with Crippen molar-refractivity contribution in [3.63, 3.8) is 0 Å².